The van der Waals surface area contributed by atoms with E-state index in [9.17, 15) is 4.79 Å². The van der Waals surface area contributed by atoms with Gasteiger partial charge >= 0.3 is 0 Å². The van der Waals surface area contributed by atoms with Crippen LogP contribution < -0.4 is 4.74 Å². The van der Waals surface area contributed by atoms with Gasteiger partial charge in [0.1, 0.15) is 5.56 Å². The molecular weight excluding hydrogens is 370 g/mol. The van der Waals surface area contributed by atoms with Gasteiger partial charge in [-0.05, 0) is 19.1 Å². The van der Waals surface area contributed by atoms with Crippen molar-refractivity contribution in [2.45, 2.75) is 13.5 Å². The molecule has 1 amide bonds. The van der Waals surface area contributed by atoms with E-state index in [1.54, 1.807) is 18.3 Å². The summed E-state index contributed by atoms with van der Waals surface area (Å²) in [5.74, 6) is 1.51. The van der Waals surface area contributed by atoms with E-state index in [0.717, 1.165) is 18.7 Å². The number of ether oxygens (including phenoxy) is 1. The summed E-state index contributed by atoms with van der Waals surface area (Å²) in [7, 11) is 0. The highest BCUT2D eigenvalue weighted by Gasteiger charge is 2.25. The number of nitrogens with zero attached hydrogens (tertiary/aromatic N) is 5. The largest absolute Gasteiger partial charge is 0.477 e. The summed E-state index contributed by atoms with van der Waals surface area (Å²) in [6.07, 6.45) is 1.63. The van der Waals surface area contributed by atoms with Gasteiger partial charge in [0.05, 0.1) is 13.2 Å². The zero-order chi connectivity index (χ0) is 20.1. The molecule has 0 saturated carbocycles. The van der Waals surface area contributed by atoms with Crippen LogP contribution in [0.3, 0.4) is 0 Å². The molecule has 3 heterocycles. The summed E-state index contributed by atoms with van der Waals surface area (Å²) in [6, 6.07) is 13.3. The fourth-order valence-corrected chi connectivity index (χ4v) is 3.30. The van der Waals surface area contributed by atoms with Crippen LogP contribution in [0.5, 0.6) is 5.88 Å². The number of amides is 1. The molecule has 2 aromatic heterocycles. The molecule has 0 unspecified atom stereocenters. The summed E-state index contributed by atoms with van der Waals surface area (Å²) >= 11 is 0. The second kappa shape index (κ2) is 8.83. The van der Waals surface area contributed by atoms with Crippen molar-refractivity contribution in [3.8, 4) is 17.3 Å². The number of carbonyl (C=O) groups is 1. The highest BCUT2D eigenvalue weighted by molar-refractivity contribution is 5.96. The number of hydrogen-bond donors (Lipinski definition) is 0. The Morgan fingerprint density at radius 2 is 1.90 bits per heavy atom. The minimum Gasteiger partial charge on any atom is -0.477 e. The van der Waals surface area contributed by atoms with Crippen LogP contribution in [0.15, 0.2) is 53.2 Å². The summed E-state index contributed by atoms with van der Waals surface area (Å²) in [5.41, 5.74) is 1.44. The van der Waals surface area contributed by atoms with E-state index in [1.807, 2.05) is 42.2 Å². The van der Waals surface area contributed by atoms with E-state index >= 15 is 0 Å². The Balaban J connectivity index is 1.34. The normalized spacial score (nSPS) is 14.7. The first-order chi connectivity index (χ1) is 14.2. The maximum absolute atomic E-state index is 12.9. The molecule has 29 heavy (non-hydrogen) atoms. The molecule has 1 fully saturated rings. The Hall–Kier alpha value is -3.26. The lowest BCUT2D eigenvalue weighted by Crippen LogP contribution is -2.48. The van der Waals surface area contributed by atoms with Gasteiger partial charge in [0, 0.05) is 37.9 Å². The SMILES string of the molecule is CCOc1ncccc1C(=O)N1CCN(Cc2nc(-c3ccccc3)no2)CC1. The van der Waals surface area contributed by atoms with Crippen LogP contribution in [0.2, 0.25) is 0 Å². The first-order valence-corrected chi connectivity index (χ1v) is 9.72. The number of carbonyl (C=O) groups excluding carboxylic acids is 1. The van der Waals surface area contributed by atoms with Gasteiger partial charge in [-0.3, -0.25) is 9.69 Å². The highest BCUT2D eigenvalue weighted by atomic mass is 16.5. The van der Waals surface area contributed by atoms with Crippen LogP contribution in [-0.2, 0) is 6.54 Å². The average molecular weight is 393 g/mol. The van der Waals surface area contributed by atoms with Crippen molar-refractivity contribution >= 4 is 5.91 Å². The molecule has 0 aliphatic carbocycles. The summed E-state index contributed by atoms with van der Waals surface area (Å²) in [4.78, 5) is 25.6. The number of rotatable bonds is 6. The van der Waals surface area contributed by atoms with Gasteiger partial charge in [-0.15, -0.1) is 0 Å². The number of piperazine rings is 1. The Kier molecular flexibility index (Phi) is 5.81. The van der Waals surface area contributed by atoms with Gasteiger partial charge in [0.2, 0.25) is 17.6 Å². The number of aromatic nitrogens is 3. The molecule has 8 nitrogen and oxygen atoms in total. The molecular formula is C21H23N5O3. The molecule has 1 saturated heterocycles. The Labute approximate surface area is 169 Å². The van der Waals surface area contributed by atoms with Crippen molar-refractivity contribution in [2.24, 2.45) is 0 Å². The number of hydrogen-bond acceptors (Lipinski definition) is 7. The van der Waals surface area contributed by atoms with Crippen molar-refractivity contribution in [3.63, 3.8) is 0 Å². The molecule has 150 valence electrons. The van der Waals surface area contributed by atoms with E-state index < -0.39 is 0 Å². The fraction of sp³-hybridized carbons (Fsp3) is 0.333. The molecule has 0 bridgehead atoms. The zero-order valence-electron chi connectivity index (χ0n) is 16.3. The summed E-state index contributed by atoms with van der Waals surface area (Å²) in [6.45, 7) is 5.64. The first-order valence-electron chi connectivity index (χ1n) is 9.72. The van der Waals surface area contributed by atoms with Crippen LogP contribution in [0.25, 0.3) is 11.4 Å². The van der Waals surface area contributed by atoms with E-state index in [-0.39, 0.29) is 5.91 Å². The van der Waals surface area contributed by atoms with E-state index in [0.29, 0.717) is 49.4 Å². The quantitative estimate of drug-likeness (QED) is 0.636. The Bertz CT molecular complexity index is 952. The maximum Gasteiger partial charge on any atom is 0.259 e. The third-order valence-corrected chi connectivity index (χ3v) is 4.80. The lowest BCUT2D eigenvalue weighted by molar-refractivity contribution is 0.0610. The van der Waals surface area contributed by atoms with Gasteiger partial charge in [-0.1, -0.05) is 35.5 Å². The van der Waals surface area contributed by atoms with Crippen molar-refractivity contribution < 1.29 is 14.1 Å². The van der Waals surface area contributed by atoms with Crippen molar-refractivity contribution in [2.75, 3.05) is 32.8 Å². The van der Waals surface area contributed by atoms with Gasteiger partial charge < -0.3 is 14.2 Å². The van der Waals surface area contributed by atoms with E-state index in [4.69, 9.17) is 9.26 Å². The molecule has 1 aliphatic heterocycles. The molecule has 4 rings (SSSR count). The topological polar surface area (TPSA) is 84.6 Å². The molecule has 8 heteroatoms. The fourth-order valence-electron chi connectivity index (χ4n) is 3.30. The van der Waals surface area contributed by atoms with Gasteiger partial charge in [0.25, 0.3) is 5.91 Å². The van der Waals surface area contributed by atoms with Crippen LogP contribution in [0, 0.1) is 0 Å². The first kappa shape index (κ1) is 19.1. The minimum absolute atomic E-state index is 0.0506. The van der Waals surface area contributed by atoms with Crippen molar-refractivity contribution in [3.05, 3.63) is 60.1 Å². The predicted octanol–water partition coefficient (Wildman–Crippen LogP) is 2.49. The number of pyridine rings is 1. The van der Waals surface area contributed by atoms with Crippen LogP contribution >= 0.6 is 0 Å². The second-order valence-electron chi connectivity index (χ2n) is 6.74. The smallest absolute Gasteiger partial charge is 0.259 e. The zero-order valence-corrected chi connectivity index (χ0v) is 16.3. The van der Waals surface area contributed by atoms with Gasteiger partial charge in [-0.25, -0.2) is 4.98 Å². The lowest BCUT2D eigenvalue weighted by atomic mass is 10.2. The summed E-state index contributed by atoms with van der Waals surface area (Å²) < 4.78 is 10.9. The van der Waals surface area contributed by atoms with Gasteiger partial charge in [-0.2, -0.15) is 4.98 Å². The van der Waals surface area contributed by atoms with Crippen LogP contribution in [0.1, 0.15) is 23.2 Å². The molecule has 0 radical (unpaired) electrons. The van der Waals surface area contributed by atoms with E-state index in [1.165, 1.54) is 0 Å². The standard InChI is InChI=1S/C21H23N5O3/c1-2-28-20-17(9-6-10-22-20)21(27)26-13-11-25(12-14-26)15-18-23-19(24-29-18)16-7-4-3-5-8-16/h3-10H,2,11-15H2,1H3. The number of benzene rings is 1. The molecule has 0 atom stereocenters. The van der Waals surface area contributed by atoms with Crippen LogP contribution in [-0.4, -0.2) is 63.6 Å². The summed E-state index contributed by atoms with van der Waals surface area (Å²) in [5, 5.41) is 4.06. The van der Waals surface area contributed by atoms with Crippen molar-refractivity contribution in [1.29, 1.82) is 0 Å². The molecule has 1 aromatic carbocycles. The molecule has 3 aromatic rings. The second-order valence-corrected chi connectivity index (χ2v) is 6.74. The van der Waals surface area contributed by atoms with Crippen molar-refractivity contribution in [1.82, 2.24) is 24.9 Å². The van der Waals surface area contributed by atoms with Crippen LogP contribution in [0.4, 0.5) is 0 Å². The third-order valence-electron chi connectivity index (χ3n) is 4.80. The monoisotopic (exact) mass is 393 g/mol. The average Bonchev–Trinajstić information content (AvgIpc) is 3.24. The lowest BCUT2D eigenvalue weighted by Gasteiger charge is -2.34. The Morgan fingerprint density at radius 1 is 1.10 bits per heavy atom. The third kappa shape index (κ3) is 4.43. The minimum atomic E-state index is -0.0506. The van der Waals surface area contributed by atoms with E-state index in [2.05, 4.69) is 20.0 Å². The Morgan fingerprint density at radius 3 is 2.66 bits per heavy atom. The maximum atomic E-state index is 12.9. The molecule has 0 N–H and O–H groups in total. The molecule has 0 spiro atoms. The predicted molar refractivity (Wildman–Crippen MR) is 106 cm³/mol. The molecule has 1 aliphatic rings. The highest BCUT2D eigenvalue weighted by Crippen LogP contribution is 2.19. The van der Waals surface area contributed by atoms with Gasteiger partial charge in [0.15, 0.2) is 0 Å².